The van der Waals surface area contributed by atoms with Gasteiger partial charge in [-0.25, -0.2) is 4.79 Å². The molecule has 4 rings (SSSR count). The van der Waals surface area contributed by atoms with Gasteiger partial charge in [-0.05, 0) is 13.0 Å². The van der Waals surface area contributed by atoms with Crippen LogP contribution in [0.2, 0.25) is 0 Å². The van der Waals surface area contributed by atoms with Crippen molar-refractivity contribution in [2.24, 2.45) is 0 Å². The Morgan fingerprint density at radius 2 is 1.93 bits per heavy atom. The van der Waals surface area contributed by atoms with E-state index in [2.05, 4.69) is 4.98 Å². The van der Waals surface area contributed by atoms with Crippen LogP contribution in [0.3, 0.4) is 0 Å². The lowest BCUT2D eigenvalue weighted by Crippen LogP contribution is -2.30. The van der Waals surface area contributed by atoms with Crippen LogP contribution < -0.4 is 29.2 Å². The number of H-pyrrole nitrogens is 1. The molecule has 1 aromatic carbocycles. The Bertz CT molecular complexity index is 1090. The number of ether oxygens (including phenoxy) is 6. The molecule has 0 saturated heterocycles. The molecule has 0 bridgehead atoms. The summed E-state index contributed by atoms with van der Waals surface area (Å²) < 4.78 is 32.2. The monoisotopic (exact) mass is 417 g/mol. The Morgan fingerprint density at radius 1 is 1.17 bits per heavy atom. The Kier molecular flexibility index (Phi) is 4.98. The number of fused-ring (bicyclic) bond motifs is 2. The smallest absolute Gasteiger partial charge is 0.343 e. The van der Waals surface area contributed by atoms with E-state index in [-0.39, 0.29) is 36.7 Å². The third-order valence-corrected chi connectivity index (χ3v) is 4.90. The van der Waals surface area contributed by atoms with Gasteiger partial charge in [0, 0.05) is 17.7 Å². The largest absolute Gasteiger partial charge is 0.493 e. The van der Waals surface area contributed by atoms with Gasteiger partial charge in [0.2, 0.25) is 18.3 Å². The molecular weight excluding hydrogens is 398 g/mol. The summed E-state index contributed by atoms with van der Waals surface area (Å²) >= 11 is 0. The summed E-state index contributed by atoms with van der Waals surface area (Å²) in [5.41, 5.74) is 0.0211. The first kappa shape index (κ1) is 19.6. The number of hydrogen-bond donors (Lipinski definition) is 1. The summed E-state index contributed by atoms with van der Waals surface area (Å²) in [5, 5.41) is 0. The molecule has 0 aliphatic carbocycles. The van der Waals surface area contributed by atoms with Gasteiger partial charge in [-0.1, -0.05) is 0 Å². The van der Waals surface area contributed by atoms with Crippen molar-refractivity contribution < 1.29 is 38.0 Å². The van der Waals surface area contributed by atoms with Gasteiger partial charge in [-0.2, -0.15) is 0 Å². The van der Waals surface area contributed by atoms with Gasteiger partial charge < -0.3 is 33.4 Å². The molecule has 0 radical (unpaired) electrons. The van der Waals surface area contributed by atoms with Gasteiger partial charge in [-0.3, -0.25) is 9.59 Å². The standard InChI is InChI=1S/C20H19NO9/c1-4-27-20(24)11-7-21-19(23)14-9(6-13(22)30-15(11)14)10-5-12(25-2)17-18(16(10)26-3)29-8-28-17/h5,7,9H,4,6,8H2,1-3H3,(H,21,23). The summed E-state index contributed by atoms with van der Waals surface area (Å²) in [5.74, 6) is -0.895. The van der Waals surface area contributed by atoms with Crippen LogP contribution in [-0.4, -0.2) is 44.5 Å². The van der Waals surface area contributed by atoms with Crippen molar-refractivity contribution in [1.29, 1.82) is 0 Å². The second-order valence-corrected chi connectivity index (χ2v) is 6.49. The molecule has 30 heavy (non-hydrogen) atoms. The Morgan fingerprint density at radius 3 is 2.63 bits per heavy atom. The number of benzene rings is 1. The second kappa shape index (κ2) is 7.62. The number of pyridine rings is 1. The molecule has 0 amide bonds. The van der Waals surface area contributed by atoms with Gasteiger partial charge in [0.15, 0.2) is 17.2 Å². The third kappa shape index (κ3) is 3.00. The van der Waals surface area contributed by atoms with Crippen molar-refractivity contribution in [3.8, 4) is 28.7 Å². The fourth-order valence-electron chi connectivity index (χ4n) is 3.66. The molecule has 10 heteroatoms. The number of rotatable bonds is 5. The number of hydrogen-bond acceptors (Lipinski definition) is 9. The summed E-state index contributed by atoms with van der Waals surface area (Å²) in [4.78, 5) is 40.0. The van der Waals surface area contributed by atoms with Gasteiger partial charge in [0.1, 0.15) is 5.56 Å². The highest BCUT2D eigenvalue weighted by molar-refractivity contribution is 5.95. The maximum atomic E-state index is 12.7. The molecule has 1 unspecified atom stereocenters. The lowest BCUT2D eigenvalue weighted by Gasteiger charge is -2.27. The number of aromatic amines is 1. The van der Waals surface area contributed by atoms with Crippen molar-refractivity contribution in [2.45, 2.75) is 19.3 Å². The zero-order valence-electron chi connectivity index (χ0n) is 16.5. The molecule has 158 valence electrons. The molecule has 10 nitrogen and oxygen atoms in total. The van der Waals surface area contributed by atoms with Crippen molar-refractivity contribution in [2.75, 3.05) is 27.6 Å². The van der Waals surface area contributed by atoms with Gasteiger partial charge in [0.05, 0.1) is 32.8 Å². The van der Waals surface area contributed by atoms with Crippen LogP contribution in [0, 0.1) is 0 Å². The van der Waals surface area contributed by atoms with E-state index in [4.69, 9.17) is 28.4 Å². The fraction of sp³-hybridized carbons (Fsp3) is 0.350. The highest BCUT2D eigenvalue weighted by atomic mass is 16.7. The maximum Gasteiger partial charge on any atom is 0.343 e. The van der Waals surface area contributed by atoms with Crippen LogP contribution in [0.15, 0.2) is 17.1 Å². The molecule has 2 aromatic rings. The van der Waals surface area contributed by atoms with E-state index in [0.717, 1.165) is 0 Å². The second-order valence-electron chi connectivity index (χ2n) is 6.49. The topological polar surface area (TPSA) is 122 Å². The predicted octanol–water partition coefficient (Wildman–Crippen LogP) is 1.74. The number of nitrogens with one attached hydrogen (secondary N) is 1. The minimum Gasteiger partial charge on any atom is -0.493 e. The molecule has 3 heterocycles. The van der Waals surface area contributed by atoms with Gasteiger partial charge in [-0.15, -0.1) is 0 Å². The number of aromatic nitrogens is 1. The predicted molar refractivity (Wildman–Crippen MR) is 101 cm³/mol. The first-order valence-corrected chi connectivity index (χ1v) is 9.17. The lowest BCUT2D eigenvalue weighted by atomic mass is 9.85. The van der Waals surface area contributed by atoms with Gasteiger partial charge >= 0.3 is 11.9 Å². The average molecular weight is 417 g/mol. The van der Waals surface area contributed by atoms with Crippen molar-refractivity contribution in [1.82, 2.24) is 4.98 Å². The zero-order chi connectivity index (χ0) is 21.4. The van der Waals surface area contributed by atoms with Crippen molar-refractivity contribution in [3.05, 3.63) is 39.3 Å². The van der Waals surface area contributed by atoms with E-state index in [1.54, 1.807) is 13.0 Å². The molecule has 0 fully saturated rings. The molecule has 1 aromatic heterocycles. The molecule has 1 N–H and O–H groups in total. The number of methoxy groups -OCH3 is 2. The quantitative estimate of drug-likeness (QED) is 0.725. The maximum absolute atomic E-state index is 12.7. The number of carbonyl (C=O) groups excluding carboxylic acids is 2. The van der Waals surface area contributed by atoms with Crippen LogP contribution in [0.25, 0.3) is 0 Å². The third-order valence-electron chi connectivity index (χ3n) is 4.90. The first-order valence-electron chi connectivity index (χ1n) is 9.17. The van der Waals surface area contributed by atoms with Crippen LogP contribution >= 0.6 is 0 Å². The van der Waals surface area contributed by atoms with Crippen LogP contribution in [0.1, 0.15) is 40.7 Å². The molecular formula is C20H19NO9. The van der Waals surface area contributed by atoms with Gasteiger partial charge in [0.25, 0.3) is 5.56 Å². The average Bonchev–Trinajstić information content (AvgIpc) is 3.22. The van der Waals surface area contributed by atoms with Crippen LogP contribution in [0.4, 0.5) is 0 Å². The number of esters is 2. The summed E-state index contributed by atoms with van der Waals surface area (Å²) in [7, 11) is 2.90. The molecule has 0 spiro atoms. The van der Waals surface area contributed by atoms with Crippen molar-refractivity contribution >= 4 is 11.9 Å². The van der Waals surface area contributed by atoms with Crippen molar-refractivity contribution in [3.63, 3.8) is 0 Å². The normalized spacial score (nSPS) is 16.5. The number of carbonyl (C=O) groups is 2. The Hall–Kier alpha value is -3.69. The molecule has 2 aliphatic heterocycles. The summed E-state index contributed by atoms with van der Waals surface area (Å²) in [6, 6.07) is 1.62. The van der Waals surface area contributed by atoms with E-state index in [9.17, 15) is 14.4 Å². The molecule has 1 atom stereocenters. The first-order chi connectivity index (χ1) is 14.5. The fourth-order valence-corrected chi connectivity index (χ4v) is 3.66. The minimum absolute atomic E-state index is 0.0254. The Balaban J connectivity index is 1.95. The zero-order valence-corrected chi connectivity index (χ0v) is 16.5. The van der Waals surface area contributed by atoms with E-state index in [0.29, 0.717) is 28.6 Å². The highest BCUT2D eigenvalue weighted by Crippen LogP contribution is 2.53. The molecule has 2 aliphatic rings. The minimum atomic E-state index is -0.780. The van der Waals surface area contributed by atoms with Crippen LogP contribution in [-0.2, 0) is 9.53 Å². The van der Waals surface area contributed by atoms with Crippen LogP contribution in [0.5, 0.6) is 28.7 Å². The van der Waals surface area contributed by atoms with E-state index in [1.807, 2.05) is 0 Å². The van der Waals surface area contributed by atoms with E-state index in [1.165, 1.54) is 20.4 Å². The van der Waals surface area contributed by atoms with E-state index < -0.39 is 23.4 Å². The lowest BCUT2D eigenvalue weighted by molar-refractivity contribution is -0.135. The SMILES string of the molecule is CCOC(=O)c1c[nH]c(=O)c2c1OC(=O)CC2c1cc(OC)c2c(c1OC)OCO2. The van der Waals surface area contributed by atoms with E-state index >= 15 is 0 Å². The summed E-state index contributed by atoms with van der Waals surface area (Å²) in [6.07, 6.45) is 1.02. The Labute approximate surface area is 170 Å². The summed E-state index contributed by atoms with van der Waals surface area (Å²) in [6.45, 7) is 1.74. The highest BCUT2D eigenvalue weighted by Gasteiger charge is 2.39. The molecule has 0 saturated carbocycles.